The number of carbonyl (C=O) groups excluding carboxylic acids is 1. The van der Waals surface area contributed by atoms with Gasteiger partial charge in [0, 0.05) is 0 Å². The van der Waals surface area contributed by atoms with E-state index in [0.29, 0.717) is 16.0 Å². The van der Waals surface area contributed by atoms with Crippen LogP contribution in [0.4, 0.5) is 10.6 Å². The van der Waals surface area contributed by atoms with Gasteiger partial charge in [-0.05, 0) is 48.8 Å². The smallest absolute Gasteiger partial charge is 0.413 e. The average Bonchev–Trinajstić information content (AvgIpc) is 3.14. The van der Waals surface area contributed by atoms with Gasteiger partial charge in [-0.3, -0.25) is 5.32 Å². The SMILES string of the molecule is CC(C)(C)OC(=O)Nc1nc(OCc2ccco2)nn2c(Br)cnc12. The van der Waals surface area contributed by atoms with Crippen molar-refractivity contribution in [1.82, 2.24) is 19.6 Å². The minimum atomic E-state index is -0.649. The Morgan fingerprint density at radius 2 is 2.24 bits per heavy atom. The molecule has 0 aliphatic carbocycles. The number of rotatable bonds is 4. The van der Waals surface area contributed by atoms with Crippen LogP contribution >= 0.6 is 15.9 Å². The number of hydrogen-bond acceptors (Lipinski definition) is 7. The highest BCUT2D eigenvalue weighted by molar-refractivity contribution is 9.10. The number of amides is 1. The summed E-state index contributed by atoms with van der Waals surface area (Å²) < 4.78 is 18.0. The standard InChI is InChI=1S/C15H16BrN5O4/c1-15(2,3)25-14(22)19-11-12-17-7-10(16)21(12)20-13(18-11)24-8-9-5-4-6-23-9/h4-7H,8H2,1-3H3,(H,18,19,20,22). The van der Waals surface area contributed by atoms with Gasteiger partial charge in [0.25, 0.3) is 0 Å². The molecule has 9 nitrogen and oxygen atoms in total. The molecule has 3 aromatic rings. The lowest BCUT2D eigenvalue weighted by atomic mass is 10.2. The van der Waals surface area contributed by atoms with Crippen LogP contribution in [0.15, 0.2) is 33.6 Å². The predicted molar refractivity (Wildman–Crippen MR) is 91.4 cm³/mol. The fraction of sp³-hybridized carbons (Fsp3) is 0.333. The number of halogens is 1. The van der Waals surface area contributed by atoms with Crippen LogP contribution < -0.4 is 10.1 Å². The zero-order valence-electron chi connectivity index (χ0n) is 13.8. The van der Waals surface area contributed by atoms with Crippen LogP contribution in [0, 0.1) is 0 Å². The van der Waals surface area contributed by atoms with Crippen molar-refractivity contribution in [2.75, 3.05) is 5.32 Å². The van der Waals surface area contributed by atoms with Crippen LogP contribution in [-0.4, -0.2) is 31.3 Å². The fourth-order valence-corrected chi connectivity index (χ4v) is 2.26. The van der Waals surface area contributed by atoms with Crippen LogP contribution in [0.25, 0.3) is 5.65 Å². The van der Waals surface area contributed by atoms with E-state index in [4.69, 9.17) is 13.9 Å². The molecule has 0 aromatic carbocycles. The molecule has 25 heavy (non-hydrogen) atoms. The molecule has 0 aliphatic heterocycles. The molecule has 0 radical (unpaired) electrons. The Labute approximate surface area is 151 Å². The molecule has 0 saturated heterocycles. The molecule has 0 fully saturated rings. The summed E-state index contributed by atoms with van der Waals surface area (Å²) in [6.07, 6.45) is 2.44. The number of nitrogens with zero attached hydrogens (tertiary/aromatic N) is 4. The van der Waals surface area contributed by atoms with Gasteiger partial charge in [-0.2, -0.15) is 9.50 Å². The van der Waals surface area contributed by atoms with Crippen molar-refractivity contribution in [2.45, 2.75) is 33.0 Å². The van der Waals surface area contributed by atoms with E-state index in [1.807, 2.05) is 0 Å². The maximum atomic E-state index is 12.0. The number of fused-ring (bicyclic) bond motifs is 1. The molecule has 132 valence electrons. The van der Waals surface area contributed by atoms with Gasteiger partial charge >= 0.3 is 12.1 Å². The fourth-order valence-electron chi connectivity index (χ4n) is 1.91. The number of furan rings is 1. The first kappa shape index (κ1) is 17.2. The number of nitrogens with one attached hydrogen (secondary N) is 1. The zero-order valence-corrected chi connectivity index (χ0v) is 15.4. The molecule has 1 amide bonds. The van der Waals surface area contributed by atoms with E-state index >= 15 is 0 Å². The van der Waals surface area contributed by atoms with Crippen LogP contribution in [-0.2, 0) is 11.3 Å². The first-order valence-corrected chi connectivity index (χ1v) is 8.17. The van der Waals surface area contributed by atoms with Crippen molar-refractivity contribution in [2.24, 2.45) is 0 Å². The number of anilines is 1. The number of ether oxygens (including phenoxy) is 2. The largest absolute Gasteiger partial charge is 0.466 e. The van der Waals surface area contributed by atoms with Crippen LogP contribution in [0.3, 0.4) is 0 Å². The molecular weight excluding hydrogens is 394 g/mol. The second kappa shape index (κ2) is 6.71. The van der Waals surface area contributed by atoms with Gasteiger partial charge in [-0.25, -0.2) is 9.78 Å². The third-order valence-corrected chi connectivity index (χ3v) is 3.38. The summed E-state index contributed by atoms with van der Waals surface area (Å²) >= 11 is 3.33. The summed E-state index contributed by atoms with van der Waals surface area (Å²) in [4.78, 5) is 20.4. The lowest BCUT2D eigenvalue weighted by Gasteiger charge is -2.19. The van der Waals surface area contributed by atoms with Crippen molar-refractivity contribution in [3.05, 3.63) is 35.0 Å². The van der Waals surface area contributed by atoms with E-state index in [1.54, 1.807) is 45.4 Å². The molecule has 0 spiro atoms. The Morgan fingerprint density at radius 3 is 2.92 bits per heavy atom. The van der Waals surface area contributed by atoms with E-state index < -0.39 is 11.7 Å². The summed E-state index contributed by atoms with van der Waals surface area (Å²) in [7, 11) is 0. The Morgan fingerprint density at radius 1 is 1.44 bits per heavy atom. The van der Waals surface area contributed by atoms with E-state index in [9.17, 15) is 4.79 Å². The number of imidazole rings is 1. The summed E-state index contributed by atoms with van der Waals surface area (Å²) in [5.74, 6) is 0.791. The minimum Gasteiger partial charge on any atom is -0.466 e. The van der Waals surface area contributed by atoms with Crippen molar-refractivity contribution in [3.63, 3.8) is 0 Å². The first-order chi connectivity index (χ1) is 11.8. The van der Waals surface area contributed by atoms with Gasteiger partial charge in [-0.15, -0.1) is 5.10 Å². The molecular formula is C15H16BrN5O4. The molecule has 0 unspecified atom stereocenters. The Kier molecular flexibility index (Phi) is 4.62. The van der Waals surface area contributed by atoms with Gasteiger partial charge < -0.3 is 13.9 Å². The molecule has 0 saturated carbocycles. The average molecular weight is 410 g/mol. The molecule has 3 rings (SSSR count). The second-order valence-electron chi connectivity index (χ2n) is 6.05. The van der Waals surface area contributed by atoms with Crippen molar-refractivity contribution in [1.29, 1.82) is 0 Å². The van der Waals surface area contributed by atoms with Crippen LogP contribution in [0.1, 0.15) is 26.5 Å². The molecule has 0 bridgehead atoms. The Hall–Kier alpha value is -2.62. The minimum absolute atomic E-state index is 0.0497. The Bertz CT molecular complexity index is 885. The lowest BCUT2D eigenvalue weighted by Crippen LogP contribution is -2.27. The summed E-state index contributed by atoms with van der Waals surface area (Å²) in [6, 6.07) is 3.57. The lowest BCUT2D eigenvalue weighted by molar-refractivity contribution is 0.0635. The van der Waals surface area contributed by atoms with Crippen LogP contribution in [0.2, 0.25) is 0 Å². The van der Waals surface area contributed by atoms with Gasteiger partial charge in [0.2, 0.25) is 0 Å². The molecule has 3 heterocycles. The van der Waals surface area contributed by atoms with Crippen molar-refractivity contribution >= 4 is 33.5 Å². The van der Waals surface area contributed by atoms with Crippen molar-refractivity contribution in [3.8, 4) is 6.01 Å². The maximum Gasteiger partial charge on any atom is 0.413 e. The zero-order chi connectivity index (χ0) is 18.0. The highest BCUT2D eigenvalue weighted by Crippen LogP contribution is 2.21. The summed E-state index contributed by atoms with van der Waals surface area (Å²) in [5.41, 5.74) is -0.287. The monoisotopic (exact) mass is 409 g/mol. The van der Waals surface area contributed by atoms with Gasteiger partial charge in [-0.1, -0.05) is 0 Å². The van der Waals surface area contributed by atoms with Gasteiger partial charge in [0.1, 0.15) is 22.6 Å². The third-order valence-electron chi connectivity index (χ3n) is 2.84. The van der Waals surface area contributed by atoms with Gasteiger partial charge in [0.05, 0.1) is 12.5 Å². The second-order valence-corrected chi connectivity index (χ2v) is 6.87. The van der Waals surface area contributed by atoms with Crippen LogP contribution in [0.5, 0.6) is 6.01 Å². The van der Waals surface area contributed by atoms with E-state index in [1.165, 1.54) is 4.52 Å². The quantitative estimate of drug-likeness (QED) is 0.703. The Balaban J connectivity index is 1.86. The summed E-state index contributed by atoms with van der Waals surface area (Å²) in [6.45, 7) is 5.46. The van der Waals surface area contributed by atoms with Gasteiger partial charge in [0.15, 0.2) is 11.5 Å². The molecule has 0 atom stereocenters. The van der Waals surface area contributed by atoms with E-state index in [0.717, 1.165) is 0 Å². The molecule has 3 aromatic heterocycles. The topological polar surface area (TPSA) is 104 Å². The molecule has 1 N–H and O–H groups in total. The highest BCUT2D eigenvalue weighted by atomic mass is 79.9. The first-order valence-electron chi connectivity index (χ1n) is 7.38. The van der Waals surface area contributed by atoms with E-state index in [2.05, 4.69) is 36.3 Å². The summed E-state index contributed by atoms with van der Waals surface area (Å²) in [5, 5.41) is 6.79. The highest BCUT2D eigenvalue weighted by Gasteiger charge is 2.20. The third kappa shape index (κ3) is 4.27. The van der Waals surface area contributed by atoms with E-state index in [-0.39, 0.29) is 18.4 Å². The molecule has 0 aliphatic rings. The molecule has 10 heteroatoms. The van der Waals surface area contributed by atoms with Crippen molar-refractivity contribution < 1.29 is 18.7 Å². The maximum absolute atomic E-state index is 12.0. The predicted octanol–water partition coefficient (Wildman–Crippen LogP) is 3.41. The number of aromatic nitrogens is 4. The number of carbonyl (C=O) groups is 1. The number of hydrogen-bond donors (Lipinski definition) is 1. The normalized spacial score (nSPS) is 11.5.